The Morgan fingerprint density at radius 2 is 2.05 bits per heavy atom. The van der Waals surface area contributed by atoms with Crippen LogP contribution in [-0.2, 0) is 16.6 Å². The van der Waals surface area contributed by atoms with E-state index in [0.29, 0.717) is 11.5 Å². The van der Waals surface area contributed by atoms with Gasteiger partial charge in [-0.3, -0.25) is 0 Å². The topological polar surface area (TPSA) is 68.5 Å². The van der Waals surface area contributed by atoms with Gasteiger partial charge in [0.25, 0.3) is 0 Å². The summed E-state index contributed by atoms with van der Waals surface area (Å²) in [5.41, 5.74) is 0.747. The summed E-state index contributed by atoms with van der Waals surface area (Å²) in [4.78, 5) is 0.174. The van der Waals surface area contributed by atoms with Gasteiger partial charge in [0, 0.05) is 0 Å². The van der Waals surface area contributed by atoms with Gasteiger partial charge in [-0.05, 0) is 54.4 Å². The van der Waals surface area contributed by atoms with Gasteiger partial charge in [0.05, 0.1) is 18.6 Å². The molecular weight excluding hydrogens is 302 g/mol. The average Bonchev–Trinajstić information content (AvgIpc) is 2.82. The Kier molecular flexibility index (Phi) is 4.37. The largest absolute Gasteiger partial charge is 0.496 e. The van der Waals surface area contributed by atoms with Crippen molar-refractivity contribution in [1.82, 2.24) is 4.72 Å². The molecule has 7 heteroatoms. The second-order valence-corrected chi connectivity index (χ2v) is 6.30. The summed E-state index contributed by atoms with van der Waals surface area (Å²) in [5.74, 6) is 1.09. The molecule has 0 aliphatic heterocycles. The van der Waals surface area contributed by atoms with Gasteiger partial charge in [-0.25, -0.2) is 13.1 Å². The molecule has 1 heterocycles. The highest BCUT2D eigenvalue weighted by Gasteiger charge is 2.16. The normalized spacial score (nSPS) is 11.6. The molecule has 0 bridgehead atoms. The first kappa shape index (κ1) is 14.9. The maximum Gasteiger partial charge on any atom is 0.240 e. The highest BCUT2D eigenvalue weighted by atomic mass is 35.5. The number of aryl methyl sites for hydroxylation is 1. The molecule has 0 radical (unpaired) electrons. The van der Waals surface area contributed by atoms with Crippen LogP contribution >= 0.6 is 11.6 Å². The average molecular weight is 316 g/mol. The molecule has 0 atom stereocenters. The molecule has 0 aliphatic rings. The zero-order valence-corrected chi connectivity index (χ0v) is 12.6. The van der Waals surface area contributed by atoms with Crippen LogP contribution in [0.1, 0.15) is 11.3 Å². The molecule has 0 fully saturated rings. The first-order valence-corrected chi connectivity index (χ1v) is 7.67. The number of hydrogen-bond donors (Lipinski definition) is 1. The lowest BCUT2D eigenvalue weighted by atomic mass is 10.2. The maximum absolute atomic E-state index is 12.1. The first-order chi connectivity index (χ1) is 9.42. The van der Waals surface area contributed by atoms with E-state index in [1.807, 2.05) is 0 Å². The number of benzene rings is 1. The van der Waals surface area contributed by atoms with Crippen molar-refractivity contribution in [1.29, 1.82) is 0 Å². The van der Waals surface area contributed by atoms with Crippen LogP contribution in [0.25, 0.3) is 0 Å². The molecule has 0 saturated heterocycles. The maximum atomic E-state index is 12.1. The van der Waals surface area contributed by atoms with Crippen molar-refractivity contribution in [2.75, 3.05) is 7.11 Å². The molecule has 1 aromatic heterocycles. The van der Waals surface area contributed by atoms with Gasteiger partial charge in [0.15, 0.2) is 5.22 Å². The van der Waals surface area contributed by atoms with E-state index < -0.39 is 10.0 Å². The summed E-state index contributed by atoms with van der Waals surface area (Å²) in [6.07, 6.45) is 0. The van der Waals surface area contributed by atoms with E-state index in [1.165, 1.54) is 13.2 Å². The number of rotatable bonds is 5. The highest BCUT2D eigenvalue weighted by molar-refractivity contribution is 7.89. The summed E-state index contributed by atoms with van der Waals surface area (Å²) in [5, 5.41) is 0.222. The van der Waals surface area contributed by atoms with E-state index in [1.54, 1.807) is 31.2 Å². The number of furan rings is 1. The van der Waals surface area contributed by atoms with Crippen LogP contribution in [0.3, 0.4) is 0 Å². The fourth-order valence-corrected chi connectivity index (χ4v) is 2.95. The van der Waals surface area contributed by atoms with Gasteiger partial charge < -0.3 is 9.15 Å². The standard InChI is InChI=1S/C13H14ClNO4S/c1-9-7-11(4-5-12(9)18-2)20(16,17)15-8-10-3-6-13(14)19-10/h3-7,15H,8H2,1-2H3. The molecule has 0 unspecified atom stereocenters. The third-order valence-corrected chi connectivity index (χ3v) is 4.34. The van der Waals surface area contributed by atoms with Crippen molar-refractivity contribution in [3.8, 4) is 5.75 Å². The van der Waals surface area contributed by atoms with Crippen molar-refractivity contribution in [3.05, 3.63) is 46.9 Å². The van der Waals surface area contributed by atoms with E-state index in [-0.39, 0.29) is 16.7 Å². The first-order valence-electron chi connectivity index (χ1n) is 5.81. The minimum Gasteiger partial charge on any atom is -0.496 e. The second kappa shape index (κ2) is 5.87. The zero-order valence-electron chi connectivity index (χ0n) is 11.0. The molecule has 5 nitrogen and oxygen atoms in total. The molecule has 20 heavy (non-hydrogen) atoms. The van der Waals surface area contributed by atoms with Crippen LogP contribution in [0.15, 0.2) is 39.6 Å². The van der Waals surface area contributed by atoms with Crippen molar-refractivity contribution in [2.24, 2.45) is 0 Å². The van der Waals surface area contributed by atoms with E-state index in [9.17, 15) is 8.42 Å². The Balaban J connectivity index is 2.15. The van der Waals surface area contributed by atoms with Gasteiger partial charge in [-0.2, -0.15) is 0 Å². The molecular formula is C13H14ClNO4S. The number of hydrogen-bond acceptors (Lipinski definition) is 4. The van der Waals surface area contributed by atoms with Gasteiger partial charge in [0.2, 0.25) is 10.0 Å². The van der Waals surface area contributed by atoms with Crippen molar-refractivity contribution >= 4 is 21.6 Å². The van der Waals surface area contributed by atoms with Gasteiger partial charge >= 0.3 is 0 Å². The molecule has 0 saturated carbocycles. The minimum atomic E-state index is -3.61. The van der Waals surface area contributed by atoms with Crippen molar-refractivity contribution in [2.45, 2.75) is 18.4 Å². The Morgan fingerprint density at radius 3 is 2.60 bits per heavy atom. The summed E-state index contributed by atoms with van der Waals surface area (Å²) >= 11 is 5.62. The van der Waals surface area contributed by atoms with Crippen LogP contribution in [-0.4, -0.2) is 15.5 Å². The Labute approximate surface area is 122 Å². The Morgan fingerprint density at radius 1 is 1.30 bits per heavy atom. The minimum absolute atomic E-state index is 0.0418. The molecule has 0 amide bonds. The SMILES string of the molecule is COc1ccc(S(=O)(=O)NCc2ccc(Cl)o2)cc1C. The summed E-state index contributed by atoms with van der Waals surface area (Å²) in [6, 6.07) is 7.83. The van der Waals surface area contributed by atoms with E-state index in [2.05, 4.69) is 4.72 Å². The molecule has 2 aromatic rings. The van der Waals surface area contributed by atoms with E-state index >= 15 is 0 Å². The molecule has 0 aliphatic carbocycles. The smallest absolute Gasteiger partial charge is 0.240 e. The summed E-state index contributed by atoms with van der Waals surface area (Å²) < 4.78 is 36.9. The van der Waals surface area contributed by atoms with Gasteiger partial charge in [0.1, 0.15) is 11.5 Å². The third kappa shape index (κ3) is 3.33. The van der Waals surface area contributed by atoms with Crippen molar-refractivity contribution < 1.29 is 17.6 Å². The molecule has 1 N–H and O–H groups in total. The number of nitrogens with one attached hydrogen (secondary N) is 1. The lowest BCUT2D eigenvalue weighted by Gasteiger charge is -2.09. The van der Waals surface area contributed by atoms with Gasteiger partial charge in [-0.15, -0.1) is 0 Å². The van der Waals surface area contributed by atoms with Crippen LogP contribution in [0.5, 0.6) is 5.75 Å². The number of sulfonamides is 1. The zero-order chi connectivity index (χ0) is 14.8. The van der Waals surface area contributed by atoms with Crippen LogP contribution in [0, 0.1) is 6.92 Å². The second-order valence-electron chi connectivity index (χ2n) is 4.16. The van der Waals surface area contributed by atoms with Crippen LogP contribution in [0.4, 0.5) is 0 Å². The lowest BCUT2D eigenvalue weighted by Crippen LogP contribution is -2.23. The molecule has 108 valence electrons. The Hall–Kier alpha value is -1.50. The third-order valence-electron chi connectivity index (χ3n) is 2.74. The number of halogens is 1. The molecule has 1 aromatic carbocycles. The van der Waals surface area contributed by atoms with E-state index in [0.717, 1.165) is 5.56 Å². The van der Waals surface area contributed by atoms with Crippen LogP contribution in [0.2, 0.25) is 5.22 Å². The van der Waals surface area contributed by atoms with Crippen LogP contribution < -0.4 is 9.46 Å². The fourth-order valence-electron chi connectivity index (χ4n) is 1.71. The fraction of sp³-hybridized carbons (Fsp3) is 0.231. The predicted octanol–water partition coefficient (Wildman–Crippen LogP) is 2.73. The summed E-state index contributed by atoms with van der Waals surface area (Å²) in [6.45, 7) is 1.82. The van der Waals surface area contributed by atoms with E-state index in [4.69, 9.17) is 20.8 Å². The van der Waals surface area contributed by atoms with Gasteiger partial charge in [-0.1, -0.05) is 0 Å². The molecule has 0 spiro atoms. The molecule has 2 rings (SSSR count). The Bertz CT molecular complexity index is 709. The summed E-state index contributed by atoms with van der Waals surface area (Å²) in [7, 11) is -2.07. The predicted molar refractivity (Wildman–Crippen MR) is 75.5 cm³/mol. The lowest BCUT2D eigenvalue weighted by molar-refractivity contribution is 0.411. The van der Waals surface area contributed by atoms with Crippen molar-refractivity contribution in [3.63, 3.8) is 0 Å². The quantitative estimate of drug-likeness (QED) is 0.921. The number of ether oxygens (including phenoxy) is 1. The monoisotopic (exact) mass is 315 g/mol. The number of methoxy groups -OCH3 is 1. The highest BCUT2D eigenvalue weighted by Crippen LogP contribution is 2.21.